The summed E-state index contributed by atoms with van der Waals surface area (Å²) in [6.07, 6.45) is -1.59. The lowest BCUT2D eigenvalue weighted by Crippen LogP contribution is -2.41. The lowest BCUT2D eigenvalue weighted by atomic mass is 9.58. The summed E-state index contributed by atoms with van der Waals surface area (Å²) in [5.74, 6) is 0.238. The van der Waals surface area contributed by atoms with E-state index < -0.39 is 12.6 Å². The number of hydrogen-bond donors (Lipinski definition) is 0. The fraction of sp³-hybridized carbons (Fsp3) is 1.00. The van der Waals surface area contributed by atoms with Gasteiger partial charge in [0.05, 0.1) is 17.8 Å². The molecule has 0 N–H and O–H groups in total. The zero-order valence-corrected chi connectivity index (χ0v) is 16.2. The van der Waals surface area contributed by atoms with Gasteiger partial charge < -0.3 is 14.0 Å². The molecule has 0 aromatic carbocycles. The molecule has 1 heterocycles. The van der Waals surface area contributed by atoms with Crippen LogP contribution in [0.2, 0.25) is 5.82 Å². The van der Waals surface area contributed by atoms with Gasteiger partial charge in [-0.15, -0.1) is 0 Å². The van der Waals surface area contributed by atoms with Crippen LogP contribution < -0.4 is 0 Å². The molecule has 1 aliphatic carbocycles. The highest BCUT2D eigenvalue weighted by molar-refractivity contribution is 6.47. The second-order valence-corrected chi connectivity index (χ2v) is 8.71. The van der Waals surface area contributed by atoms with E-state index in [0.29, 0.717) is 13.2 Å². The van der Waals surface area contributed by atoms with Gasteiger partial charge in [-0.1, -0.05) is 12.8 Å². The predicted molar refractivity (Wildman–Crippen MR) is 92.5 cm³/mol. The maximum Gasteiger partial charge on any atom is 0.461 e. The summed E-state index contributed by atoms with van der Waals surface area (Å²) < 4.78 is 56.0. The lowest BCUT2D eigenvalue weighted by molar-refractivity contribution is -0.145. The third-order valence-electron chi connectivity index (χ3n) is 6.30. The molecule has 0 bridgehead atoms. The maximum absolute atomic E-state index is 12.7. The fourth-order valence-corrected chi connectivity index (χ4v) is 3.80. The Morgan fingerprint density at radius 2 is 1.56 bits per heavy atom. The van der Waals surface area contributed by atoms with E-state index in [0.717, 1.165) is 25.7 Å². The van der Waals surface area contributed by atoms with Gasteiger partial charge in [0.2, 0.25) is 0 Å². The van der Waals surface area contributed by atoms with Crippen molar-refractivity contribution < 1.29 is 27.2 Å². The van der Waals surface area contributed by atoms with Crippen LogP contribution in [0, 0.1) is 5.41 Å². The monoisotopic (exact) mass is 364 g/mol. The number of halogens is 3. The summed E-state index contributed by atoms with van der Waals surface area (Å²) in [5, 5.41) is 0. The smallest absolute Gasteiger partial charge is 0.403 e. The van der Waals surface area contributed by atoms with Crippen molar-refractivity contribution in [2.24, 2.45) is 5.41 Å². The molecule has 7 heteroatoms. The van der Waals surface area contributed by atoms with Gasteiger partial charge >= 0.3 is 13.3 Å². The average Bonchev–Trinajstić information content (AvgIpc) is 2.71. The number of alkyl halides is 3. The molecular formula is C18H32BF3O3. The van der Waals surface area contributed by atoms with E-state index in [1.54, 1.807) is 0 Å². The largest absolute Gasteiger partial charge is 0.461 e. The molecular weight excluding hydrogens is 332 g/mol. The van der Waals surface area contributed by atoms with E-state index in [-0.39, 0.29) is 36.0 Å². The SMILES string of the molecule is CCOCC1(CCC(F)(F)F)CCC(B2OC(C)(C)C(C)(C)O2)CC1. The number of ether oxygens (including phenoxy) is 1. The molecule has 2 rings (SSSR count). The Morgan fingerprint density at radius 1 is 1.04 bits per heavy atom. The molecule has 1 saturated carbocycles. The van der Waals surface area contributed by atoms with Gasteiger partial charge in [0.1, 0.15) is 0 Å². The molecule has 0 aromatic rings. The van der Waals surface area contributed by atoms with Crippen molar-refractivity contribution in [1.29, 1.82) is 0 Å². The summed E-state index contributed by atoms with van der Waals surface area (Å²) in [5.41, 5.74) is -1.10. The van der Waals surface area contributed by atoms with Gasteiger partial charge in [-0.05, 0) is 65.1 Å². The van der Waals surface area contributed by atoms with Crippen molar-refractivity contribution in [3.8, 4) is 0 Å². The van der Waals surface area contributed by atoms with Gasteiger partial charge in [-0.3, -0.25) is 0 Å². The Hall–Kier alpha value is -0.265. The van der Waals surface area contributed by atoms with E-state index in [9.17, 15) is 13.2 Å². The first-order valence-electron chi connectivity index (χ1n) is 9.40. The average molecular weight is 364 g/mol. The maximum atomic E-state index is 12.7. The Kier molecular flexibility index (Phi) is 6.22. The first-order valence-corrected chi connectivity index (χ1v) is 9.40. The summed E-state index contributed by atoms with van der Waals surface area (Å²) >= 11 is 0. The number of hydrogen-bond acceptors (Lipinski definition) is 3. The van der Waals surface area contributed by atoms with E-state index >= 15 is 0 Å². The lowest BCUT2D eigenvalue weighted by Gasteiger charge is -2.40. The van der Waals surface area contributed by atoms with E-state index in [4.69, 9.17) is 14.0 Å². The van der Waals surface area contributed by atoms with Crippen molar-refractivity contribution in [2.75, 3.05) is 13.2 Å². The molecule has 0 radical (unpaired) electrons. The minimum absolute atomic E-state index is 0.145. The van der Waals surface area contributed by atoms with Gasteiger partial charge in [0.25, 0.3) is 0 Å². The van der Waals surface area contributed by atoms with Crippen molar-refractivity contribution in [3.05, 3.63) is 0 Å². The molecule has 146 valence electrons. The summed E-state index contributed by atoms with van der Waals surface area (Å²) in [6.45, 7) is 10.9. The fourth-order valence-electron chi connectivity index (χ4n) is 3.80. The third-order valence-corrected chi connectivity index (χ3v) is 6.30. The highest BCUT2D eigenvalue weighted by Crippen LogP contribution is 2.50. The molecule has 3 nitrogen and oxygen atoms in total. The Balaban J connectivity index is 1.97. The minimum Gasteiger partial charge on any atom is -0.403 e. The van der Waals surface area contributed by atoms with Gasteiger partial charge in [0, 0.05) is 13.0 Å². The van der Waals surface area contributed by atoms with Crippen molar-refractivity contribution >= 4 is 7.12 Å². The summed E-state index contributed by atoms with van der Waals surface area (Å²) in [6, 6.07) is 0. The second kappa shape index (κ2) is 7.39. The van der Waals surface area contributed by atoms with Gasteiger partial charge in [0.15, 0.2) is 0 Å². The van der Waals surface area contributed by atoms with Crippen LogP contribution in [0.15, 0.2) is 0 Å². The molecule has 1 aliphatic heterocycles. The molecule has 0 amide bonds. The summed E-state index contributed by atoms with van der Waals surface area (Å²) in [4.78, 5) is 0. The molecule has 0 aromatic heterocycles. The third kappa shape index (κ3) is 5.13. The quantitative estimate of drug-likeness (QED) is 0.592. The van der Waals surface area contributed by atoms with Crippen LogP contribution in [0.4, 0.5) is 13.2 Å². The molecule has 2 aliphatic rings. The molecule has 25 heavy (non-hydrogen) atoms. The van der Waals surface area contributed by atoms with Crippen LogP contribution in [0.1, 0.15) is 73.1 Å². The van der Waals surface area contributed by atoms with Crippen LogP contribution in [-0.2, 0) is 14.0 Å². The highest BCUT2D eigenvalue weighted by Gasteiger charge is 2.54. The Morgan fingerprint density at radius 3 is 2.00 bits per heavy atom. The summed E-state index contributed by atoms with van der Waals surface area (Å²) in [7, 11) is -0.266. The zero-order chi connectivity index (χ0) is 18.9. The topological polar surface area (TPSA) is 27.7 Å². The van der Waals surface area contributed by atoms with Crippen LogP contribution in [0.3, 0.4) is 0 Å². The highest BCUT2D eigenvalue weighted by atomic mass is 19.4. The van der Waals surface area contributed by atoms with Crippen LogP contribution in [-0.4, -0.2) is 37.7 Å². The molecule has 0 atom stereocenters. The zero-order valence-electron chi connectivity index (χ0n) is 16.2. The molecule has 2 fully saturated rings. The first-order chi connectivity index (χ1) is 11.4. The molecule has 0 unspecified atom stereocenters. The van der Waals surface area contributed by atoms with Crippen LogP contribution in [0.25, 0.3) is 0 Å². The van der Waals surface area contributed by atoms with Gasteiger partial charge in [-0.2, -0.15) is 13.2 Å². The normalized spacial score (nSPS) is 32.2. The predicted octanol–water partition coefficient (Wildman–Crippen LogP) is 5.39. The Labute approximate surface area is 150 Å². The van der Waals surface area contributed by atoms with E-state index in [1.165, 1.54) is 0 Å². The molecule has 1 saturated heterocycles. The minimum atomic E-state index is -4.11. The van der Waals surface area contributed by atoms with E-state index in [1.807, 2.05) is 34.6 Å². The number of rotatable bonds is 6. The second-order valence-electron chi connectivity index (χ2n) is 8.71. The Bertz CT molecular complexity index is 427. The van der Waals surface area contributed by atoms with Crippen molar-refractivity contribution in [1.82, 2.24) is 0 Å². The van der Waals surface area contributed by atoms with Gasteiger partial charge in [-0.25, -0.2) is 0 Å². The van der Waals surface area contributed by atoms with Crippen LogP contribution in [0.5, 0.6) is 0 Å². The van der Waals surface area contributed by atoms with Crippen molar-refractivity contribution in [2.45, 2.75) is 96.3 Å². The van der Waals surface area contributed by atoms with Crippen LogP contribution >= 0.6 is 0 Å². The van der Waals surface area contributed by atoms with E-state index in [2.05, 4.69) is 0 Å². The first kappa shape index (κ1) is 21.0. The molecule has 0 spiro atoms. The standard InChI is InChI=1S/C18H32BF3O3/c1-6-23-13-17(11-12-18(20,21)22)9-7-14(8-10-17)19-24-15(2,3)16(4,5)25-19/h14H,6-13H2,1-5H3. The van der Waals surface area contributed by atoms with Crippen molar-refractivity contribution in [3.63, 3.8) is 0 Å².